The SMILES string of the molecule is CC1(C)CC2CC(C)(CN2Cc2c(O)ccc3c(=O)c(-c4ccc(F)cc4)c(C(F)(F)F)oc23)C1. The van der Waals surface area contributed by atoms with Crippen molar-refractivity contribution in [2.75, 3.05) is 6.54 Å². The predicted octanol–water partition coefficient (Wildman–Crippen LogP) is 6.72. The minimum atomic E-state index is -4.97. The Morgan fingerprint density at radius 1 is 1.09 bits per heavy atom. The van der Waals surface area contributed by atoms with Gasteiger partial charge in [-0.15, -0.1) is 0 Å². The second-order valence-electron chi connectivity index (χ2n) is 11.2. The van der Waals surface area contributed by atoms with Crippen LogP contribution in [0.3, 0.4) is 0 Å². The molecular weight excluding hydrogens is 462 g/mol. The topological polar surface area (TPSA) is 53.7 Å². The van der Waals surface area contributed by atoms with Gasteiger partial charge in [-0.3, -0.25) is 9.69 Å². The van der Waals surface area contributed by atoms with Crippen LogP contribution in [-0.4, -0.2) is 22.6 Å². The molecule has 1 aliphatic carbocycles. The van der Waals surface area contributed by atoms with Crippen LogP contribution in [0.5, 0.6) is 5.75 Å². The molecule has 0 amide bonds. The highest BCUT2D eigenvalue weighted by Gasteiger charge is 2.49. The summed E-state index contributed by atoms with van der Waals surface area (Å²) in [5.41, 5.74) is -1.50. The summed E-state index contributed by atoms with van der Waals surface area (Å²) in [4.78, 5) is 15.5. The van der Waals surface area contributed by atoms with Crippen molar-refractivity contribution in [3.63, 3.8) is 0 Å². The molecule has 2 atom stereocenters. The molecule has 0 radical (unpaired) electrons. The summed E-state index contributed by atoms with van der Waals surface area (Å²) >= 11 is 0. The average molecular weight is 490 g/mol. The van der Waals surface area contributed by atoms with Gasteiger partial charge in [-0.25, -0.2) is 4.39 Å². The Hall–Kier alpha value is -2.87. The lowest BCUT2D eigenvalue weighted by Gasteiger charge is -2.40. The Labute approximate surface area is 200 Å². The first kappa shape index (κ1) is 23.9. The van der Waals surface area contributed by atoms with Crippen molar-refractivity contribution < 1.29 is 27.1 Å². The number of likely N-dealkylation sites (tertiary alicyclic amines) is 1. The summed E-state index contributed by atoms with van der Waals surface area (Å²) in [6.07, 6.45) is -2.00. The Balaban J connectivity index is 1.66. The lowest BCUT2D eigenvalue weighted by molar-refractivity contribution is -0.152. The van der Waals surface area contributed by atoms with E-state index in [-0.39, 0.29) is 51.3 Å². The standard InChI is InChI=1S/C27H27F4NO3/c1-25(2)10-17-11-26(3,13-25)14-32(17)12-19-20(33)9-8-18-22(34)21(15-4-6-16(28)7-5-15)24(27(29,30)31)35-23(18)19/h4-9,17,33H,10-14H2,1-3H3. The molecule has 186 valence electrons. The largest absolute Gasteiger partial charge is 0.507 e. The highest BCUT2D eigenvalue weighted by Crippen LogP contribution is 2.53. The third-order valence-corrected chi connectivity index (χ3v) is 7.41. The molecule has 2 bridgehead atoms. The van der Waals surface area contributed by atoms with E-state index < -0.39 is 28.7 Å². The Morgan fingerprint density at radius 2 is 1.77 bits per heavy atom. The molecule has 5 rings (SSSR count). The van der Waals surface area contributed by atoms with Crippen molar-refractivity contribution in [3.05, 3.63) is 63.8 Å². The van der Waals surface area contributed by atoms with Crippen molar-refractivity contribution in [2.24, 2.45) is 10.8 Å². The molecule has 2 unspecified atom stereocenters. The number of phenolic OH excluding ortho intramolecular Hbond substituents is 1. The number of fused-ring (bicyclic) bond motifs is 3. The second kappa shape index (κ2) is 7.82. The maximum atomic E-state index is 14.1. The van der Waals surface area contributed by atoms with Crippen molar-refractivity contribution in [1.82, 2.24) is 4.90 Å². The van der Waals surface area contributed by atoms with Gasteiger partial charge in [0.25, 0.3) is 0 Å². The summed E-state index contributed by atoms with van der Waals surface area (Å²) in [6.45, 7) is 7.60. The van der Waals surface area contributed by atoms with E-state index >= 15 is 0 Å². The normalized spacial score (nSPS) is 24.3. The zero-order valence-corrected chi connectivity index (χ0v) is 19.8. The highest BCUT2D eigenvalue weighted by atomic mass is 19.4. The Morgan fingerprint density at radius 3 is 2.43 bits per heavy atom. The van der Waals surface area contributed by atoms with E-state index in [0.717, 1.165) is 50.1 Å². The van der Waals surface area contributed by atoms with Gasteiger partial charge in [0.1, 0.15) is 17.1 Å². The number of aromatic hydroxyl groups is 1. The van der Waals surface area contributed by atoms with Gasteiger partial charge in [0.15, 0.2) is 0 Å². The van der Waals surface area contributed by atoms with Gasteiger partial charge in [-0.05, 0) is 59.9 Å². The zero-order valence-electron chi connectivity index (χ0n) is 19.8. The van der Waals surface area contributed by atoms with Crippen LogP contribution in [0.25, 0.3) is 22.1 Å². The minimum Gasteiger partial charge on any atom is -0.507 e. The number of hydrogen-bond acceptors (Lipinski definition) is 4. The molecule has 1 N–H and O–H groups in total. The van der Waals surface area contributed by atoms with Crippen molar-refractivity contribution in [1.29, 1.82) is 0 Å². The van der Waals surface area contributed by atoms with Crippen LogP contribution in [0, 0.1) is 16.6 Å². The maximum absolute atomic E-state index is 14.1. The van der Waals surface area contributed by atoms with E-state index in [4.69, 9.17) is 4.42 Å². The molecule has 1 saturated heterocycles. The van der Waals surface area contributed by atoms with E-state index in [0.29, 0.717) is 0 Å². The van der Waals surface area contributed by atoms with Gasteiger partial charge in [0.05, 0.1) is 16.5 Å². The van der Waals surface area contributed by atoms with Crippen LogP contribution >= 0.6 is 0 Å². The molecule has 0 spiro atoms. The van der Waals surface area contributed by atoms with E-state index in [2.05, 4.69) is 25.7 Å². The average Bonchev–Trinajstić information content (AvgIpc) is 2.97. The lowest BCUT2D eigenvalue weighted by Crippen LogP contribution is -2.34. The summed E-state index contributed by atoms with van der Waals surface area (Å²) in [5, 5.41) is 10.6. The molecule has 8 heteroatoms. The fourth-order valence-corrected chi connectivity index (χ4v) is 6.50. The monoisotopic (exact) mass is 489 g/mol. The van der Waals surface area contributed by atoms with E-state index in [1.165, 1.54) is 12.1 Å². The van der Waals surface area contributed by atoms with Crippen LogP contribution < -0.4 is 5.43 Å². The zero-order chi connectivity index (χ0) is 25.3. The fourth-order valence-electron chi connectivity index (χ4n) is 6.50. The molecule has 3 aromatic rings. The molecule has 35 heavy (non-hydrogen) atoms. The smallest absolute Gasteiger partial charge is 0.450 e. The van der Waals surface area contributed by atoms with Crippen LogP contribution in [0.4, 0.5) is 17.6 Å². The van der Waals surface area contributed by atoms with Crippen LogP contribution in [-0.2, 0) is 12.7 Å². The number of benzene rings is 2. The molecular formula is C27H27F4NO3. The number of phenols is 1. The quantitative estimate of drug-likeness (QED) is 0.415. The van der Waals surface area contributed by atoms with Gasteiger partial charge in [-0.2, -0.15) is 13.2 Å². The highest BCUT2D eigenvalue weighted by molar-refractivity contribution is 5.86. The number of alkyl halides is 3. The van der Waals surface area contributed by atoms with Gasteiger partial charge in [-0.1, -0.05) is 32.9 Å². The molecule has 1 saturated carbocycles. The van der Waals surface area contributed by atoms with E-state index in [9.17, 15) is 27.5 Å². The molecule has 2 aromatic carbocycles. The first-order chi connectivity index (χ1) is 16.3. The maximum Gasteiger partial charge on any atom is 0.450 e. The molecule has 4 nitrogen and oxygen atoms in total. The first-order valence-corrected chi connectivity index (χ1v) is 11.7. The molecule has 2 heterocycles. The lowest BCUT2D eigenvalue weighted by atomic mass is 9.65. The third-order valence-electron chi connectivity index (χ3n) is 7.41. The molecule has 1 aliphatic heterocycles. The third kappa shape index (κ3) is 4.22. The first-order valence-electron chi connectivity index (χ1n) is 11.7. The number of nitrogens with zero attached hydrogens (tertiary/aromatic N) is 1. The van der Waals surface area contributed by atoms with Gasteiger partial charge in [0, 0.05) is 19.1 Å². The van der Waals surface area contributed by atoms with Crippen molar-refractivity contribution in [3.8, 4) is 16.9 Å². The molecule has 2 fully saturated rings. The van der Waals surface area contributed by atoms with E-state index in [1.807, 2.05) is 0 Å². The minimum absolute atomic E-state index is 0.0566. The Kier molecular flexibility index (Phi) is 5.33. The predicted molar refractivity (Wildman–Crippen MR) is 124 cm³/mol. The van der Waals surface area contributed by atoms with Gasteiger partial charge < -0.3 is 9.52 Å². The van der Waals surface area contributed by atoms with Crippen molar-refractivity contribution >= 4 is 11.0 Å². The summed E-state index contributed by atoms with van der Waals surface area (Å²) in [7, 11) is 0. The Bertz CT molecular complexity index is 1360. The fraction of sp³-hybridized carbons (Fsp3) is 0.444. The van der Waals surface area contributed by atoms with Crippen molar-refractivity contribution in [2.45, 2.75) is 58.8 Å². The van der Waals surface area contributed by atoms with Crippen LogP contribution in [0.15, 0.2) is 45.6 Å². The molecule has 1 aromatic heterocycles. The number of halogens is 4. The van der Waals surface area contributed by atoms with Gasteiger partial charge >= 0.3 is 6.18 Å². The summed E-state index contributed by atoms with van der Waals surface area (Å²) in [6, 6.07) is 7.06. The number of hydrogen-bond donors (Lipinski definition) is 1. The summed E-state index contributed by atoms with van der Waals surface area (Å²) < 4.78 is 61.1. The van der Waals surface area contributed by atoms with Crippen LogP contribution in [0.1, 0.15) is 51.4 Å². The van der Waals surface area contributed by atoms with E-state index in [1.54, 1.807) is 0 Å². The summed E-state index contributed by atoms with van der Waals surface area (Å²) in [5.74, 6) is -2.30. The molecule has 2 aliphatic rings. The van der Waals surface area contributed by atoms with Gasteiger partial charge in [0.2, 0.25) is 11.2 Å². The van der Waals surface area contributed by atoms with Crippen LogP contribution in [0.2, 0.25) is 0 Å². The second-order valence-corrected chi connectivity index (χ2v) is 11.2. The number of rotatable bonds is 3.